The van der Waals surface area contributed by atoms with Crippen molar-refractivity contribution in [2.75, 3.05) is 6.61 Å². The van der Waals surface area contributed by atoms with Crippen molar-refractivity contribution in [3.05, 3.63) is 65.0 Å². The number of halogens is 1. The van der Waals surface area contributed by atoms with Crippen molar-refractivity contribution in [2.24, 2.45) is 0 Å². The summed E-state index contributed by atoms with van der Waals surface area (Å²) in [6, 6.07) is 11.2. The summed E-state index contributed by atoms with van der Waals surface area (Å²) >= 11 is 0. The monoisotopic (exact) mass is 330 g/mol. The summed E-state index contributed by atoms with van der Waals surface area (Å²) in [7, 11) is 0. The van der Waals surface area contributed by atoms with Crippen molar-refractivity contribution < 1.29 is 18.7 Å². The third kappa shape index (κ3) is 5.72. The van der Waals surface area contributed by atoms with Crippen LogP contribution in [0, 0.1) is 19.7 Å². The fourth-order valence-corrected chi connectivity index (χ4v) is 2.17. The Kier molecular flexibility index (Phi) is 5.89. The second-order valence-corrected chi connectivity index (χ2v) is 5.51. The highest BCUT2D eigenvalue weighted by Gasteiger charge is 2.07. The Morgan fingerprint density at radius 2 is 1.54 bits per heavy atom. The van der Waals surface area contributed by atoms with E-state index >= 15 is 0 Å². The Morgan fingerprint density at radius 3 is 2.17 bits per heavy atom. The van der Waals surface area contributed by atoms with Gasteiger partial charge in [0.25, 0.3) is 5.91 Å². The zero-order chi connectivity index (χ0) is 17.5. The lowest BCUT2D eigenvalue weighted by Gasteiger charge is -2.10. The maximum atomic E-state index is 12.8. The first-order valence-corrected chi connectivity index (χ1v) is 7.45. The van der Waals surface area contributed by atoms with Gasteiger partial charge in [0.1, 0.15) is 11.6 Å². The second kappa shape index (κ2) is 8.10. The lowest BCUT2D eigenvalue weighted by Crippen LogP contribution is -2.44. The number of carbonyl (C=O) groups is 2. The van der Waals surface area contributed by atoms with Crippen LogP contribution in [0.15, 0.2) is 42.5 Å². The van der Waals surface area contributed by atoms with Gasteiger partial charge in [-0.3, -0.25) is 20.4 Å². The molecule has 2 N–H and O–H groups in total. The molecule has 0 atom stereocenters. The summed E-state index contributed by atoms with van der Waals surface area (Å²) in [5.74, 6) is -0.640. The highest BCUT2D eigenvalue weighted by atomic mass is 19.1. The van der Waals surface area contributed by atoms with E-state index in [-0.39, 0.29) is 18.8 Å². The molecule has 2 amide bonds. The van der Waals surface area contributed by atoms with E-state index in [9.17, 15) is 14.0 Å². The molecular weight excluding hydrogens is 311 g/mol. The van der Waals surface area contributed by atoms with Crippen LogP contribution in [0.3, 0.4) is 0 Å². The van der Waals surface area contributed by atoms with Gasteiger partial charge in [-0.05, 0) is 54.8 Å². The van der Waals surface area contributed by atoms with E-state index in [2.05, 4.69) is 10.9 Å². The van der Waals surface area contributed by atoms with Gasteiger partial charge in [0.05, 0.1) is 6.42 Å². The van der Waals surface area contributed by atoms with E-state index in [4.69, 9.17) is 4.74 Å². The maximum absolute atomic E-state index is 12.8. The number of aryl methyl sites for hydroxylation is 2. The van der Waals surface area contributed by atoms with Gasteiger partial charge in [-0.25, -0.2) is 4.39 Å². The Morgan fingerprint density at radius 1 is 0.958 bits per heavy atom. The molecule has 0 fully saturated rings. The van der Waals surface area contributed by atoms with E-state index in [0.717, 1.165) is 11.1 Å². The van der Waals surface area contributed by atoms with Crippen LogP contribution in [0.2, 0.25) is 0 Å². The van der Waals surface area contributed by atoms with Crippen LogP contribution < -0.4 is 15.6 Å². The lowest BCUT2D eigenvalue weighted by molar-refractivity contribution is -0.129. The minimum Gasteiger partial charge on any atom is -0.484 e. The van der Waals surface area contributed by atoms with E-state index < -0.39 is 11.8 Å². The summed E-state index contributed by atoms with van der Waals surface area (Å²) in [4.78, 5) is 23.4. The van der Waals surface area contributed by atoms with Gasteiger partial charge in [-0.15, -0.1) is 0 Å². The summed E-state index contributed by atoms with van der Waals surface area (Å²) < 4.78 is 18.2. The minimum absolute atomic E-state index is 0.0402. The van der Waals surface area contributed by atoms with Gasteiger partial charge in [0.2, 0.25) is 5.91 Å². The number of benzene rings is 2. The number of hydrogen-bond acceptors (Lipinski definition) is 3. The van der Waals surface area contributed by atoms with Crippen LogP contribution in [-0.2, 0) is 16.0 Å². The Balaban J connectivity index is 1.74. The first-order chi connectivity index (χ1) is 11.4. The second-order valence-electron chi connectivity index (χ2n) is 5.51. The largest absolute Gasteiger partial charge is 0.484 e. The predicted octanol–water partition coefficient (Wildman–Crippen LogP) is 2.21. The van der Waals surface area contributed by atoms with Crippen LogP contribution in [0.25, 0.3) is 0 Å². The van der Waals surface area contributed by atoms with Gasteiger partial charge in [0, 0.05) is 0 Å². The molecule has 5 nitrogen and oxygen atoms in total. The number of amides is 2. The van der Waals surface area contributed by atoms with Gasteiger partial charge in [0.15, 0.2) is 6.61 Å². The zero-order valence-electron chi connectivity index (χ0n) is 13.6. The molecule has 0 spiro atoms. The SMILES string of the molecule is Cc1cc(C)cc(OCC(=O)NNC(=O)Cc2ccc(F)cc2)c1. The number of hydrogen-bond donors (Lipinski definition) is 2. The molecule has 0 radical (unpaired) electrons. The number of carbonyl (C=O) groups excluding carboxylic acids is 2. The Labute approximate surface area is 139 Å². The lowest BCUT2D eigenvalue weighted by atomic mass is 10.1. The van der Waals surface area contributed by atoms with Crippen molar-refractivity contribution in [2.45, 2.75) is 20.3 Å². The number of hydrazine groups is 1. The van der Waals surface area contributed by atoms with Crippen molar-refractivity contribution in [1.82, 2.24) is 10.9 Å². The molecule has 0 aliphatic heterocycles. The van der Waals surface area contributed by atoms with E-state index in [0.29, 0.717) is 11.3 Å². The maximum Gasteiger partial charge on any atom is 0.276 e. The van der Waals surface area contributed by atoms with E-state index in [1.807, 2.05) is 32.0 Å². The van der Waals surface area contributed by atoms with Gasteiger partial charge in [-0.1, -0.05) is 18.2 Å². The summed E-state index contributed by atoms with van der Waals surface area (Å²) in [6.07, 6.45) is 0.0402. The highest BCUT2D eigenvalue weighted by Crippen LogP contribution is 2.15. The highest BCUT2D eigenvalue weighted by molar-refractivity contribution is 5.83. The molecule has 2 aromatic rings. The third-order valence-corrected chi connectivity index (χ3v) is 3.18. The number of rotatable bonds is 5. The standard InChI is InChI=1S/C18H19FN2O3/c1-12-7-13(2)9-16(8-12)24-11-18(23)21-20-17(22)10-14-3-5-15(19)6-4-14/h3-9H,10-11H2,1-2H3,(H,20,22)(H,21,23). The molecule has 0 aliphatic rings. The topological polar surface area (TPSA) is 67.4 Å². The van der Waals surface area contributed by atoms with Gasteiger partial charge >= 0.3 is 0 Å². The predicted molar refractivity (Wildman–Crippen MR) is 87.8 cm³/mol. The average molecular weight is 330 g/mol. The van der Waals surface area contributed by atoms with Crippen LogP contribution in [0.5, 0.6) is 5.75 Å². The molecule has 0 saturated heterocycles. The molecule has 2 rings (SSSR count). The number of ether oxygens (including phenoxy) is 1. The zero-order valence-corrected chi connectivity index (χ0v) is 13.6. The molecular formula is C18H19FN2O3. The molecule has 0 saturated carbocycles. The van der Waals surface area contributed by atoms with Crippen molar-refractivity contribution in [3.8, 4) is 5.75 Å². The normalized spacial score (nSPS) is 10.1. The number of nitrogens with one attached hydrogen (secondary N) is 2. The molecule has 24 heavy (non-hydrogen) atoms. The smallest absolute Gasteiger partial charge is 0.276 e. The fraction of sp³-hybridized carbons (Fsp3) is 0.222. The fourth-order valence-electron chi connectivity index (χ4n) is 2.17. The van der Waals surface area contributed by atoms with Crippen molar-refractivity contribution in [3.63, 3.8) is 0 Å². The minimum atomic E-state index is -0.471. The van der Waals surface area contributed by atoms with Gasteiger partial charge < -0.3 is 4.74 Å². The summed E-state index contributed by atoms with van der Waals surface area (Å²) in [6.45, 7) is 3.67. The summed E-state index contributed by atoms with van der Waals surface area (Å²) in [5, 5.41) is 0. The molecule has 0 aromatic heterocycles. The van der Waals surface area contributed by atoms with Crippen LogP contribution in [-0.4, -0.2) is 18.4 Å². The first kappa shape index (κ1) is 17.5. The molecule has 126 valence electrons. The van der Waals surface area contributed by atoms with Crippen LogP contribution >= 0.6 is 0 Å². The van der Waals surface area contributed by atoms with Crippen LogP contribution in [0.4, 0.5) is 4.39 Å². The molecule has 0 unspecified atom stereocenters. The Bertz CT molecular complexity index is 709. The molecule has 0 aliphatic carbocycles. The van der Waals surface area contributed by atoms with E-state index in [1.54, 1.807) is 0 Å². The quantitative estimate of drug-likeness (QED) is 0.826. The molecule has 0 bridgehead atoms. The Hall–Kier alpha value is -2.89. The average Bonchev–Trinajstić information content (AvgIpc) is 2.52. The van der Waals surface area contributed by atoms with Gasteiger partial charge in [-0.2, -0.15) is 0 Å². The molecule has 2 aromatic carbocycles. The molecule has 6 heteroatoms. The first-order valence-electron chi connectivity index (χ1n) is 7.45. The van der Waals surface area contributed by atoms with E-state index in [1.165, 1.54) is 24.3 Å². The summed E-state index contributed by atoms with van der Waals surface area (Å²) in [5.41, 5.74) is 7.30. The van der Waals surface area contributed by atoms with Crippen molar-refractivity contribution >= 4 is 11.8 Å². The van der Waals surface area contributed by atoms with Crippen LogP contribution in [0.1, 0.15) is 16.7 Å². The van der Waals surface area contributed by atoms with Crippen molar-refractivity contribution in [1.29, 1.82) is 0 Å². The molecule has 0 heterocycles. The third-order valence-electron chi connectivity index (χ3n) is 3.18.